The number of benzene rings is 2. The van der Waals surface area contributed by atoms with E-state index in [1.807, 2.05) is 19.1 Å². The smallest absolute Gasteiger partial charge is 0.355 e. The highest BCUT2D eigenvalue weighted by Gasteiger charge is 2.34. The lowest BCUT2D eigenvalue weighted by molar-refractivity contribution is -0.139. The van der Waals surface area contributed by atoms with Gasteiger partial charge in [0.1, 0.15) is 12.6 Å². The van der Waals surface area contributed by atoms with Crippen molar-refractivity contribution in [3.63, 3.8) is 0 Å². The van der Waals surface area contributed by atoms with Crippen molar-refractivity contribution in [1.29, 1.82) is 0 Å². The van der Waals surface area contributed by atoms with Gasteiger partial charge in [0, 0.05) is 13.1 Å². The van der Waals surface area contributed by atoms with Gasteiger partial charge in [0.2, 0.25) is 21.8 Å². The monoisotopic (exact) mass is 533 g/mol. The summed E-state index contributed by atoms with van der Waals surface area (Å²) in [6, 6.07) is 8.39. The van der Waals surface area contributed by atoms with Crippen LogP contribution in [0.3, 0.4) is 0 Å². The van der Waals surface area contributed by atoms with E-state index in [0.717, 1.165) is 24.0 Å². The van der Waals surface area contributed by atoms with Crippen molar-refractivity contribution in [3.8, 4) is 0 Å². The summed E-state index contributed by atoms with van der Waals surface area (Å²) in [5.41, 5.74) is 0.0532. The number of likely N-dealkylation sites (N-methyl/N-ethyl adjacent to an activating group) is 1. The SMILES string of the molecule is CCNC(=O)[C@H](C)N(Cc1ccc(C)cc1)C(=O)CN(c1cc(C(F)(F)F)ccc1Cl)S(C)(=O)=O. The molecule has 7 nitrogen and oxygen atoms in total. The van der Waals surface area contributed by atoms with Crippen molar-refractivity contribution >= 4 is 39.1 Å². The van der Waals surface area contributed by atoms with Gasteiger partial charge in [-0.3, -0.25) is 13.9 Å². The second kappa shape index (κ2) is 11.3. The topological polar surface area (TPSA) is 86.8 Å². The molecular formula is C23H27ClF3N3O4S. The number of carbonyl (C=O) groups is 2. The molecule has 35 heavy (non-hydrogen) atoms. The van der Waals surface area contributed by atoms with E-state index >= 15 is 0 Å². The molecule has 12 heteroatoms. The Balaban J connectivity index is 2.48. The molecular weight excluding hydrogens is 507 g/mol. The van der Waals surface area contributed by atoms with Crippen LogP contribution < -0.4 is 9.62 Å². The highest BCUT2D eigenvalue weighted by atomic mass is 35.5. The highest BCUT2D eigenvalue weighted by Crippen LogP contribution is 2.36. The summed E-state index contributed by atoms with van der Waals surface area (Å²) >= 11 is 6.05. The molecule has 1 N–H and O–H groups in total. The minimum Gasteiger partial charge on any atom is -0.355 e. The Hall–Kier alpha value is -2.79. The second-order valence-electron chi connectivity index (χ2n) is 8.01. The third-order valence-corrected chi connectivity index (χ3v) is 6.66. The van der Waals surface area contributed by atoms with Crippen LogP contribution in [-0.4, -0.2) is 50.5 Å². The first-order valence-corrected chi connectivity index (χ1v) is 12.8. The lowest BCUT2D eigenvalue weighted by atomic mass is 10.1. The number of nitrogens with zero attached hydrogens (tertiary/aromatic N) is 2. The van der Waals surface area contributed by atoms with Crippen LogP contribution in [0.25, 0.3) is 0 Å². The van der Waals surface area contributed by atoms with Crippen molar-refractivity contribution in [2.24, 2.45) is 0 Å². The maximum atomic E-state index is 13.4. The van der Waals surface area contributed by atoms with E-state index in [4.69, 9.17) is 11.6 Å². The van der Waals surface area contributed by atoms with Crippen molar-refractivity contribution in [1.82, 2.24) is 10.2 Å². The zero-order valence-electron chi connectivity index (χ0n) is 19.7. The molecule has 0 aromatic heterocycles. The van der Waals surface area contributed by atoms with Crippen LogP contribution in [0.1, 0.15) is 30.5 Å². The molecule has 2 aromatic rings. The number of hydrogen-bond acceptors (Lipinski definition) is 4. The molecule has 0 heterocycles. The number of halogens is 4. The zero-order valence-corrected chi connectivity index (χ0v) is 21.3. The predicted octanol–water partition coefficient (Wildman–Crippen LogP) is 3.99. The number of alkyl halides is 3. The third kappa shape index (κ3) is 7.60. The first-order chi connectivity index (χ1) is 16.1. The molecule has 0 saturated heterocycles. The van der Waals surface area contributed by atoms with Crippen LogP contribution in [-0.2, 0) is 32.3 Å². The highest BCUT2D eigenvalue weighted by molar-refractivity contribution is 7.92. The van der Waals surface area contributed by atoms with Crippen molar-refractivity contribution in [3.05, 3.63) is 64.2 Å². The molecule has 0 aliphatic heterocycles. The van der Waals surface area contributed by atoms with Crippen LogP contribution in [0, 0.1) is 6.92 Å². The predicted molar refractivity (Wildman–Crippen MR) is 129 cm³/mol. The van der Waals surface area contributed by atoms with Gasteiger partial charge in [0.15, 0.2) is 0 Å². The maximum absolute atomic E-state index is 13.4. The summed E-state index contributed by atoms with van der Waals surface area (Å²) in [6.07, 6.45) is -3.99. The summed E-state index contributed by atoms with van der Waals surface area (Å²) in [6.45, 7) is 4.51. The number of anilines is 1. The summed E-state index contributed by atoms with van der Waals surface area (Å²) < 4.78 is 65.4. The number of rotatable bonds is 9. The van der Waals surface area contributed by atoms with E-state index in [9.17, 15) is 31.2 Å². The van der Waals surface area contributed by atoms with E-state index in [-0.39, 0.29) is 11.6 Å². The lowest BCUT2D eigenvalue weighted by Gasteiger charge is -2.31. The Morgan fingerprint density at radius 1 is 1.11 bits per heavy atom. The number of carbonyl (C=O) groups excluding carboxylic acids is 2. The van der Waals surface area contributed by atoms with Gasteiger partial charge < -0.3 is 10.2 Å². The van der Waals surface area contributed by atoms with Gasteiger partial charge in [-0.05, 0) is 44.5 Å². The number of aryl methyl sites for hydroxylation is 1. The van der Waals surface area contributed by atoms with Gasteiger partial charge in [-0.1, -0.05) is 41.4 Å². The number of sulfonamides is 1. The molecule has 0 aliphatic rings. The molecule has 192 valence electrons. The quantitative estimate of drug-likeness (QED) is 0.528. The molecule has 2 aromatic carbocycles. The number of amides is 2. The van der Waals surface area contributed by atoms with Crippen LogP contribution in [0.15, 0.2) is 42.5 Å². The number of nitrogens with one attached hydrogen (secondary N) is 1. The normalized spacial score (nSPS) is 12.7. The first-order valence-electron chi connectivity index (χ1n) is 10.6. The molecule has 0 unspecified atom stereocenters. The minimum atomic E-state index is -4.75. The molecule has 2 rings (SSSR count). The Morgan fingerprint density at radius 3 is 2.23 bits per heavy atom. The van der Waals surface area contributed by atoms with Crippen LogP contribution in [0.2, 0.25) is 5.02 Å². The summed E-state index contributed by atoms with van der Waals surface area (Å²) in [7, 11) is -4.23. The van der Waals surface area contributed by atoms with Gasteiger partial charge >= 0.3 is 6.18 Å². The van der Waals surface area contributed by atoms with Gasteiger partial charge in [-0.25, -0.2) is 8.42 Å². The van der Waals surface area contributed by atoms with E-state index in [0.29, 0.717) is 22.5 Å². The van der Waals surface area contributed by atoms with Crippen LogP contribution >= 0.6 is 11.6 Å². The lowest BCUT2D eigenvalue weighted by Crippen LogP contribution is -2.51. The van der Waals surface area contributed by atoms with Crippen molar-refractivity contribution in [2.75, 3.05) is 23.7 Å². The molecule has 0 fully saturated rings. The zero-order chi connectivity index (χ0) is 26.6. The van der Waals surface area contributed by atoms with E-state index in [1.165, 1.54) is 11.8 Å². The maximum Gasteiger partial charge on any atom is 0.416 e. The van der Waals surface area contributed by atoms with E-state index in [2.05, 4.69) is 5.32 Å². The largest absolute Gasteiger partial charge is 0.416 e. The van der Waals surface area contributed by atoms with E-state index < -0.39 is 51.9 Å². The van der Waals surface area contributed by atoms with Crippen LogP contribution in [0.4, 0.5) is 18.9 Å². The molecule has 0 saturated carbocycles. The molecule has 0 bridgehead atoms. The van der Waals surface area contributed by atoms with Crippen LogP contribution in [0.5, 0.6) is 0 Å². The average Bonchev–Trinajstić information content (AvgIpc) is 2.75. The second-order valence-corrected chi connectivity index (χ2v) is 10.3. The first kappa shape index (κ1) is 28.4. The van der Waals surface area contributed by atoms with Crippen molar-refractivity contribution in [2.45, 2.75) is 39.5 Å². The standard InChI is InChI=1S/C23H27ClF3N3O4S/c1-5-28-22(32)16(3)29(13-17-8-6-15(2)7-9-17)21(31)14-30(35(4,33)34)20-12-18(23(25,26)27)10-11-19(20)24/h6-12,16H,5,13-14H2,1-4H3,(H,28,32)/t16-/m0/s1. The Kier molecular flexibility index (Phi) is 9.18. The molecule has 0 radical (unpaired) electrons. The van der Waals surface area contributed by atoms with Gasteiger partial charge in [0.05, 0.1) is 22.5 Å². The van der Waals surface area contributed by atoms with Gasteiger partial charge in [-0.2, -0.15) is 13.2 Å². The van der Waals surface area contributed by atoms with Crippen molar-refractivity contribution < 1.29 is 31.2 Å². The molecule has 0 aliphatic carbocycles. The molecule has 0 spiro atoms. The summed E-state index contributed by atoms with van der Waals surface area (Å²) in [5, 5.41) is 2.33. The molecule has 1 atom stereocenters. The van der Waals surface area contributed by atoms with Gasteiger partial charge in [0.25, 0.3) is 0 Å². The number of hydrogen-bond donors (Lipinski definition) is 1. The third-order valence-electron chi connectivity index (χ3n) is 5.21. The fourth-order valence-corrected chi connectivity index (χ4v) is 4.39. The van der Waals surface area contributed by atoms with Gasteiger partial charge in [-0.15, -0.1) is 0 Å². The molecule has 2 amide bonds. The fourth-order valence-electron chi connectivity index (χ4n) is 3.27. The Bertz CT molecular complexity index is 1170. The summed E-state index contributed by atoms with van der Waals surface area (Å²) in [4.78, 5) is 27.1. The Morgan fingerprint density at radius 2 is 1.71 bits per heavy atom. The fraction of sp³-hybridized carbons (Fsp3) is 0.391. The Labute approximate surface area is 207 Å². The summed E-state index contributed by atoms with van der Waals surface area (Å²) in [5.74, 6) is -1.25. The van der Waals surface area contributed by atoms with E-state index in [1.54, 1.807) is 19.1 Å². The minimum absolute atomic E-state index is 0.0225. The average molecular weight is 534 g/mol.